The van der Waals surface area contributed by atoms with E-state index in [0.717, 1.165) is 12.5 Å². The molecular weight excluding hydrogens is 312 g/mol. The van der Waals surface area contributed by atoms with E-state index in [2.05, 4.69) is 10.0 Å². The van der Waals surface area contributed by atoms with Gasteiger partial charge in [0.2, 0.25) is 5.09 Å². The van der Waals surface area contributed by atoms with Crippen LogP contribution < -0.4 is 10.0 Å². The molecule has 8 nitrogen and oxygen atoms in total. The van der Waals surface area contributed by atoms with Crippen molar-refractivity contribution in [2.24, 2.45) is 0 Å². The number of aliphatic carboxylic acids is 1. The maximum absolute atomic E-state index is 12.2. The Bertz CT molecular complexity index is 672. The second kappa shape index (κ2) is 6.09. The van der Waals surface area contributed by atoms with Gasteiger partial charge in [-0.25, -0.2) is 17.9 Å². The molecule has 0 saturated heterocycles. The predicted molar refractivity (Wildman–Crippen MR) is 75.9 cm³/mol. The molecule has 0 atom stereocenters. The first kappa shape index (κ1) is 16.5. The minimum atomic E-state index is -3.79. The third-order valence-electron chi connectivity index (χ3n) is 3.81. The summed E-state index contributed by atoms with van der Waals surface area (Å²) in [4.78, 5) is 23.7. The van der Waals surface area contributed by atoms with E-state index >= 15 is 0 Å². The number of carbonyl (C=O) groups excluding carboxylic acids is 1. The molecule has 1 aromatic heterocycles. The van der Waals surface area contributed by atoms with Crippen LogP contribution in [0.4, 0.5) is 0 Å². The monoisotopic (exact) mass is 330 g/mol. The molecule has 1 saturated carbocycles. The van der Waals surface area contributed by atoms with Gasteiger partial charge in [-0.1, -0.05) is 19.3 Å². The van der Waals surface area contributed by atoms with Crippen LogP contribution >= 0.6 is 0 Å². The Kier molecular flexibility index (Phi) is 4.57. The normalized spacial score (nSPS) is 17.9. The van der Waals surface area contributed by atoms with Crippen molar-refractivity contribution in [1.29, 1.82) is 0 Å². The first-order valence-corrected chi connectivity index (χ1v) is 8.38. The minimum Gasteiger partial charge on any atom is -0.480 e. The topological polar surface area (TPSA) is 126 Å². The molecule has 9 heteroatoms. The number of carboxylic acid groups (broad SMARTS) is 1. The highest BCUT2D eigenvalue weighted by molar-refractivity contribution is 7.89. The molecule has 0 aromatic carbocycles. The molecule has 0 aliphatic heterocycles. The third kappa shape index (κ3) is 3.14. The van der Waals surface area contributed by atoms with Gasteiger partial charge in [-0.2, -0.15) is 0 Å². The number of carbonyl (C=O) groups is 2. The van der Waals surface area contributed by atoms with E-state index in [0.29, 0.717) is 25.7 Å². The van der Waals surface area contributed by atoms with E-state index in [1.807, 2.05) is 0 Å². The average molecular weight is 330 g/mol. The van der Waals surface area contributed by atoms with Crippen LogP contribution in [-0.2, 0) is 14.8 Å². The summed E-state index contributed by atoms with van der Waals surface area (Å²) >= 11 is 0. The Morgan fingerprint density at radius 2 is 1.86 bits per heavy atom. The highest BCUT2D eigenvalue weighted by Crippen LogP contribution is 2.29. The van der Waals surface area contributed by atoms with Crippen LogP contribution in [-0.4, -0.2) is 38.0 Å². The maximum Gasteiger partial charge on any atom is 0.329 e. The Morgan fingerprint density at radius 3 is 2.41 bits per heavy atom. The van der Waals surface area contributed by atoms with Crippen LogP contribution in [0.3, 0.4) is 0 Å². The zero-order chi connectivity index (χ0) is 16.4. The number of sulfonamides is 1. The summed E-state index contributed by atoms with van der Waals surface area (Å²) < 4.78 is 30.2. The van der Waals surface area contributed by atoms with E-state index in [9.17, 15) is 23.1 Å². The van der Waals surface area contributed by atoms with Gasteiger partial charge in [-0.15, -0.1) is 0 Å². The van der Waals surface area contributed by atoms with Crippen LogP contribution in [0.5, 0.6) is 0 Å². The van der Waals surface area contributed by atoms with E-state index in [4.69, 9.17) is 4.42 Å². The minimum absolute atomic E-state index is 0.236. The maximum atomic E-state index is 12.2. The smallest absolute Gasteiger partial charge is 0.329 e. The van der Waals surface area contributed by atoms with Gasteiger partial charge in [0.15, 0.2) is 5.76 Å². The number of furan rings is 1. The fourth-order valence-corrected chi connectivity index (χ4v) is 3.16. The first-order valence-electron chi connectivity index (χ1n) is 6.90. The summed E-state index contributed by atoms with van der Waals surface area (Å²) in [7, 11) is -2.57. The molecule has 2 rings (SSSR count). The van der Waals surface area contributed by atoms with Crippen molar-refractivity contribution in [2.45, 2.75) is 42.7 Å². The Balaban J connectivity index is 2.20. The van der Waals surface area contributed by atoms with Crippen LogP contribution in [0, 0.1) is 0 Å². The SMILES string of the molecule is CNS(=O)(=O)c1ccc(C(=O)NC2(C(=O)O)CCCCC2)o1. The molecule has 3 N–H and O–H groups in total. The summed E-state index contributed by atoms with van der Waals surface area (Å²) in [6.45, 7) is 0. The van der Waals surface area contributed by atoms with E-state index in [1.165, 1.54) is 13.1 Å². The molecule has 1 amide bonds. The Morgan fingerprint density at radius 1 is 1.23 bits per heavy atom. The number of carboxylic acids is 1. The third-order valence-corrected chi connectivity index (χ3v) is 5.09. The second-order valence-electron chi connectivity index (χ2n) is 5.23. The standard InChI is InChI=1S/C13H18N2O6S/c1-14-22(19,20)10-6-5-9(21-10)11(16)15-13(12(17)18)7-3-2-4-8-13/h5-6,14H,2-4,7-8H2,1H3,(H,15,16)(H,17,18). The lowest BCUT2D eigenvalue weighted by atomic mass is 9.81. The van der Waals surface area contributed by atoms with Gasteiger partial charge in [-0.3, -0.25) is 4.79 Å². The van der Waals surface area contributed by atoms with E-state index < -0.39 is 32.5 Å². The number of amides is 1. The number of hydrogen-bond donors (Lipinski definition) is 3. The Labute approximate surface area is 127 Å². The molecule has 122 valence electrons. The molecule has 0 bridgehead atoms. The Hall–Kier alpha value is -1.87. The quantitative estimate of drug-likeness (QED) is 0.730. The van der Waals surface area contributed by atoms with Gasteiger partial charge < -0.3 is 14.8 Å². The summed E-state index contributed by atoms with van der Waals surface area (Å²) in [6.07, 6.45) is 3.04. The van der Waals surface area contributed by atoms with Crippen LogP contribution in [0.25, 0.3) is 0 Å². The summed E-state index contributed by atoms with van der Waals surface area (Å²) in [6, 6.07) is 2.35. The molecule has 0 spiro atoms. The summed E-state index contributed by atoms with van der Waals surface area (Å²) in [5.41, 5.74) is -1.32. The summed E-state index contributed by atoms with van der Waals surface area (Å²) in [5.74, 6) is -2.06. The molecule has 0 unspecified atom stereocenters. The highest BCUT2D eigenvalue weighted by Gasteiger charge is 2.41. The number of rotatable bonds is 5. The number of nitrogens with one attached hydrogen (secondary N) is 2. The van der Waals surface area contributed by atoms with Crippen molar-refractivity contribution in [3.8, 4) is 0 Å². The fraction of sp³-hybridized carbons (Fsp3) is 0.538. The molecule has 1 aliphatic carbocycles. The van der Waals surface area contributed by atoms with Gasteiger partial charge in [-0.05, 0) is 32.0 Å². The molecule has 0 radical (unpaired) electrons. The van der Waals surface area contributed by atoms with Crippen molar-refractivity contribution in [2.75, 3.05) is 7.05 Å². The van der Waals surface area contributed by atoms with Crippen molar-refractivity contribution < 1.29 is 27.5 Å². The van der Waals surface area contributed by atoms with Gasteiger partial charge in [0.25, 0.3) is 15.9 Å². The zero-order valence-corrected chi connectivity index (χ0v) is 12.9. The second-order valence-corrected chi connectivity index (χ2v) is 7.05. The largest absolute Gasteiger partial charge is 0.480 e. The van der Waals surface area contributed by atoms with Gasteiger partial charge in [0.1, 0.15) is 5.54 Å². The van der Waals surface area contributed by atoms with Gasteiger partial charge in [0, 0.05) is 0 Å². The first-order chi connectivity index (χ1) is 10.3. The van der Waals surface area contributed by atoms with Crippen molar-refractivity contribution in [1.82, 2.24) is 10.0 Å². The molecule has 22 heavy (non-hydrogen) atoms. The lowest BCUT2D eigenvalue weighted by Gasteiger charge is -2.33. The van der Waals surface area contributed by atoms with Gasteiger partial charge in [0.05, 0.1) is 0 Å². The molecule has 1 aliphatic rings. The molecular formula is C13H18N2O6S. The highest BCUT2D eigenvalue weighted by atomic mass is 32.2. The average Bonchev–Trinajstić information content (AvgIpc) is 2.99. The van der Waals surface area contributed by atoms with Crippen molar-refractivity contribution in [3.05, 3.63) is 17.9 Å². The summed E-state index contributed by atoms with van der Waals surface area (Å²) in [5, 5.41) is 11.5. The lowest BCUT2D eigenvalue weighted by Crippen LogP contribution is -2.55. The molecule has 1 heterocycles. The fourth-order valence-electron chi connectivity index (χ4n) is 2.51. The molecule has 1 aromatic rings. The van der Waals surface area contributed by atoms with Crippen molar-refractivity contribution in [3.63, 3.8) is 0 Å². The lowest BCUT2D eigenvalue weighted by molar-refractivity contribution is -0.145. The zero-order valence-electron chi connectivity index (χ0n) is 12.1. The van der Waals surface area contributed by atoms with Crippen molar-refractivity contribution >= 4 is 21.9 Å². The van der Waals surface area contributed by atoms with Gasteiger partial charge >= 0.3 is 5.97 Å². The molecule has 1 fully saturated rings. The van der Waals surface area contributed by atoms with Crippen LogP contribution in [0.15, 0.2) is 21.6 Å². The van der Waals surface area contributed by atoms with E-state index in [-0.39, 0.29) is 5.76 Å². The van der Waals surface area contributed by atoms with Crippen LogP contribution in [0.2, 0.25) is 0 Å². The van der Waals surface area contributed by atoms with E-state index in [1.54, 1.807) is 0 Å². The predicted octanol–water partition coefficient (Wildman–Crippen LogP) is 0.705. The van der Waals surface area contributed by atoms with Crippen LogP contribution in [0.1, 0.15) is 42.7 Å². The number of hydrogen-bond acceptors (Lipinski definition) is 5.